The van der Waals surface area contributed by atoms with Crippen molar-refractivity contribution in [2.75, 3.05) is 6.79 Å². The SMILES string of the molecule is Cc1cc2nc(C=Cc3cc4c(cc3[N+](=O)[O-])OCO4)sc2cc1C. The lowest BCUT2D eigenvalue weighted by Gasteiger charge is -2.00. The average molecular weight is 354 g/mol. The molecule has 0 saturated heterocycles. The van der Waals surface area contributed by atoms with E-state index in [1.165, 1.54) is 17.2 Å². The third-order valence-electron chi connectivity index (χ3n) is 4.14. The highest BCUT2D eigenvalue weighted by Crippen LogP contribution is 2.38. The van der Waals surface area contributed by atoms with Crippen molar-refractivity contribution in [3.8, 4) is 11.5 Å². The van der Waals surface area contributed by atoms with Gasteiger partial charge in [0.25, 0.3) is 5.69 Å². The molecule has 6 nitrogen and oxygen atoms in total. The molecule has 0 atom stereocenters. The van der Waals surface area contributed by atoms with Gasteiger partial charge in [-0.05, 0) is 55.3 Å². The minimum atomic E-state index is -0.424. The number of nitro groups is 1. The summed E-state index contributed by atoms with van der Waals surface area (Å²) in [5.41, 5.74) is 3.79. The quantitative estimate of drug-likeness (QED) is 0.502. The minimum absolute atomic E-state index is 0.0201. The highest BCUT2D eigenvalue weighted by molar-refractivity contribution is 7.19. The van der Waals surface area contributed by atoms with Crippen molar-refractivity contribution in [1.29, 1.82) is 0 Å². The lowest BCUT2D eigenvalue weighted by atomic mass is 10.1. The van der Waals surface area contributed by atoms with Crippen LogP contribution in [0.1, 0.15) is 21.7 Å². The predicted octanol–water partition coefficient (Wildman–Crippen LogP) is 4.72. The first-order valence-corrected chi connectivity index (χ1v) is 8.47. The van der Waals surface area contributed by atoms with E-state index >= 15 is 0 Å². The van der Waals surface area contributed by atoms with Crippen molar-refractivity contribution in [3.05, 3.63) is 56.1 Å². The topological polar surface area (TPSA) is 74.5 Å². The van der Waals surface area contributed by atoms with Gasteiger partial charge in [0, 0.05) is 0 Å². The molecule has 4 rings (SSSR count). The van der Waals surface area contributed by atoms with E-state index in [4.69, 9.17) is 9.47 Å². The van der Waals surface area contributed by atoms with E-state index in [1.807, 2.05) is 0 Å². The lowest BCUT2D eigenvalue weighted by Crippen LogP contribution is -1.93. The Kier molecular flexibility index (Phi) is 3.65. The van der Waals surface area contributed by atoms with Crippen LogP contribution in [0, 0.1) is 24.0 Å². The van der Waals surface area contributed by atoms with E-state index in [1.54, 1.807) is 29.6 Å². The van der Waals surface area contributed by atoms with Gasteiger partial charge in [0.05, 0.1) is 26.8 Å². The molecule has 0 saturated carbocycles. The van der Waals surface area contributed by atoms with Crippen LogP contribution >= 0.6 is 11.3 Å². The van der Waals surface area contributed by atoms with Crippen molar-refractivity contribution in [2.45, 2.75) is 13.8 Å². The Hall–Kier alpha value is -2.93. The summed E-state index contributed by atoms with van der Waals surface area (Å²) in [7, 11) is 0. The number of nitrogens with zero attached hydrogens (tertiary/aromatic N) is 2. The van der Waals surface area contributed by atoms with Gasteiger partial charge in [-0.2, -0.15) is 0 Å². The summed E-state index contributed by atoms with van der Waals surface area (Å²) in [6.07, 6.45) is 3.48. The molecule has 0 amide bonds. The molecule has 7 heteroatoms. The Morgan fingerprint density at radius 2 is 1.84 bits per heavy atom. The summed E-state index contributed by atoms with van der Waals surface area (Å²) in [5.74, 6) is 0.913. The molecule has 0 N–H and O–H groups in total. The van der Waals surface area contributed by atoms with E-state index in [-0.39, 0.29) is 12.5 Å². The summed E-state index contributed by atoms with van der Waals surface area (Å²) >= 11 is 1.56. The first-order chi connectivity index (χ1) is 12.0. The van der Waals surface area contributed by atoms with Crippen LogP contribution in [0.15, 0.2) is 24.3 Å². The molecule has 1 aromatic heterocycles. The summed E-state index contributed by atoms with van der Waals surface area (Å²) in [6, 6.07) is 7.19. The van der Waals surface area contributed by atoms with Crippen LogP contribution in [0.5, 0.6) is 11.5 Å². The molecule has 0 unspecified atom stereocenters. The molecular formula is C18H14N2O4S. The second kappa shape index (κ2) is 5.86. The van der Waals surface area contributed by atoms with Crippen molar-refractivity contribution in [2.24, 2.45) is 0 Å². The maximum absolute atomic E-state index is 11.3. The normalized spacial score (nSPS) is 13.0. The molecule has 126 valence electrons. The zero-order valence-corrected chi connectivity index (χ0v) is 14.4. The summed E-state index contributed by atoms with van der Waals surface area (Å²) in [6.45, 7) is 4.20. The third-order valence-corrected chi connectivity index (χ3v) is 5.13. The van der Waals surface area contributed by atoms with Gasteiger partial charge in [-0.3, -0.25) is 10.1 Å². The van der Waals surface area contributed by atoms with E-state index in [0.717, 1.165) is 15.2 Å². The number of fused-ring (bicyclic) bond motifs is 2. The number of rotatable bonds is 3. The van der Waals surface area contributed by atoms with Crippen molar-refractivity contribution >= 4 is 39.4 Å². The van der Waals surface area contributed by atoms with Crippen LogP contribution in [-0.4, -0.2) is 16.7 Å². The Balaban J connectivity index is 1.73. The molecule has 2 heterocycles. The first kappa shape index (κ1) is 15.6. The van der Waals surface area contributed by atoms with Crippen molar-refractivity contribution in [1.82, 2.24) is 4.98 Å². The number of hydrogen-bond donors (Lipinski definition) is 0. The van der Waals surface area contributed by atoms with E-state index in [9.17, 15) is 10.1 Å². The van der Waals surface area contributed by atoms with Crippen LogP contribution in [0.4, 0.5) is 5.69 Å². The Bertz CT molecular complexity index is 1000. The maximum atomic E-state index is 11.3. The monoisotopic (exact) mass is 354 g/mol. The van der Waals surface area contributed by atoms with Crippen LogP contribution in [0.3, 0.4) is 0 Å². The minimum Gasteiger partial charge on any atom is -0.454 e. The highest BCUT2D eigenvalue weighted by Gasteiger charge is 2.22. The molecule has 2 aromatic carbocycles. The largest absolute Gasteiger partial charge is 0.454 e. The Labute approximate surface area is 147 Å². The second-order valence-electron chi connectivity index (χ2n) is 5.81. The number of nitro benzene ring substituents is 1. The zero-order chi connectivity index (χ0) is 17.6. The fourth-order valence-electron chi connectivity index (χ4n) is 2.67. The molecule has 1 aliphatic heterocycles. The first-order valence-electron chi connectivity index (χ1n) is 7.65. The number of ether oxygens (including phenoxy) is 2. The average Bonchev–Trinajstić information content (AvgIpc) is 3.18. The van der Waals surface area contributed by atoms with Gasteiger partial charge >= 0.3 is 0 Å². The van der Waals surface area contributed by atoms with Gasteiger partial charge in [-0.1, -0.05) is 0 Å². The van der Waals surface area contributed by atoms with Crippen molar-refractivity contribution in [3.63, 3.8) is 0 Å². The number of hydrogen-bond acceptors (Lipinski definition) is 6. The van der Waals surface area contributed by atoms with Crippen LogP contribution in [0.25, 0.3) is 22.4 Å². The van der Waals surface area contributed by atoms with Gasteiger partial charge < -0.3 is 9.47 Å². The molecule has 0 fully saturated rings. The van der Waals surface area contributed by atoms with E-state index < -0.39 is 4.92 Å². The molecule has 0 bridgehead atoms. The fourth-order valence-corrected chi connectivity index (χ4v) is 3.62. The van der Waals surface area contributed by atoms with Gasteiger partial charge in [0.2, 0.25) is 6.79 Å². The van der Waals surface area contributed by atoms with E-state index in [2.05, 4.69) is 31.0 Å². The zero-order valence-electron chi connectivity index (χ0n) is 13.6. The number of thiazole rings is 1. The Morgan fingerprint density at radius 1 is 1.12 bits per heavy atom. The molecule has 3 aromatic rings. The molecule has 0 aliphatic carbocycles. The van der Waals surface area contributed by atoms with E-state index in [0.29, 0.717) is 17.1 Å². The lowest BCUT2D eigenvalue weighted by molar-refractivity contribution is -0.385. The highest BCUT2D eigenvalue weighted by atomic mass is 32.1. The van der Waals surface area contributed by atoms with Crippen LogP contribution < -0.4 is 9.47 Å². The van der Waals surface area contributed by atoms with Crippen molar-refractivity contribution < 1.29 is 14.4 Å². The standard InChI is InChI=1S/C18H14N2O4S/c1-10-5-13-17(6-11(10)2)25-18(19-13)4-3-12-7-15-16(24-9-23-15)8-14(12)20(21)22/h3-8H,9H2,1-2H3. The fraction of sp³-hybridized carbons (Fsp3) is 0.167. The van der Waals surface area contributed by atoms with Crippen LogP contribution in [-0.2, 0) is 0 Å². The third kappa shape index (κ3) is 2.83. The number of benzene rings is 2. The number of aryl methyl sites for hydroxylation is 2. The molecule has 25 heavy (non-hydrogen) atoms. The molecule has 1 aliphatic rings. The van der Waals surface area contributed by atoms with Gasteiger partial charge in [-0.15, -0.1) is 11.3 Å². The molecular weight excluding hydrogens is 340 g/mol. The summed E-state index contributed by atoms with van der Waals surface area (Å²) in [5, 5.41) is 12.1. The predicted molar refractivity (Wildman–Crippen MR) is 97.2 cm³/mol. The summed E-state index contributed by atoms with van der Waals surface area (Å²) in [4.78, 5) is 15.5. The van der Waals surface area contributed by atoms with Gasteiger partial charge in [-0.25, -0.2) is 4.98 Å². The van der Waals surface area contributed by atoms with Gasteiger partial charge in [0.1, 0.15) is 5.01 Å². The summed E-state index contributed by atoms with van der Waals surface area (Å²) < 4.78 is 11.6. The second-order valence-corrected chi connectivity index (χ2v) is 6.87. The van der Waals surface area contributed by atoms with Gasteiger partial charge in [0.15, 0.2) is 11.5 Å². The number of aromatic nitrogens is 1. The molecule has 0 radical (unpaired) electrons. The Morgan fingerprint density at radius 3 is 2.60 bits per heavy atom. The molecule has 0 spiro atoms. The van der Waals surface area contributed by atoms with Crippen LogP contribution in [0.2, 0.25) is 0 Å². The smallest absolute Gasteiger partial charge is 0.280 e. The maximum Gasteiger partial charge on any atom is 0.280 e.